The number of aromatic carboxylic acids is 1. The van der Waals surface area contributed by atoms with Crippen molar-refractivity contribution in [2.24, 2.45) is 11.8 Å². The predicted molar refractivity (Wildman–Crippen MR) is 80.0 cm³/mol. The molecule has 1 aromatic heterocycles. The molecule has 0 aromatic carbocycles. The summed E-state index contributed by atoms with van der Waals surface area (Å²) >= 11 is 0. The number of rotatable bonds is 3. The highest BCUT2D eigenvalue weighted by Crippen LogP contribution is 2.29. The second kappa shape index (κ2) is 6.11. The molecule has 0 amide bonds. The summed E-state index contributed by atoms with van der Waals surface area (Å²) in [4.78, 5) is 17.4. The maximum Gasteiger partial charge on any atom is 0.354 e. The summed E-state index contributed by atoms with van der Waals surface area (Å²) < 4.78 is 0. The van der Waals surface area contributed by atoms with E-state index in [4.69, 9.17) is 10.8 Å². The molecule has 1 unspecified atom stereocenters. The number of hydrogen-bond donors (Lipinski definition) is 2. The lowest BCUT2D eigenvalue weighted by atomic mass is 9.89. The molecule has 1 aliphatic rings. The second-order valence-electron chi connectivity index (χ2n) is 5.84. The number of carboxylic acids is 1. The maximum atomic E-state index is 11.0. The van der Waals surface area contributed by atoms with Crippen LogP contribution in [-0.2, 0) is 0 Å². The minimum absolute atomic E-state index is 0.0545. The van der Waals surface area contributed by atoms with Crippen molar-refractivity contribution in [3.8, 4) is 0 Å². The van der Waals surface area contributed by atoms with Crippen molar-refractivity contribution in [1.82, 2.24) is 4.98 Å². The Morgan fingerprint density at radius 3 is 2.80 bits per heavy atom. The molecular formula is C15H23N3O2. The summed E-state index contributed by atoms with van der Waals surface area (Å²) in [5.74, 6) is 1.02. The molecule has 110 valence electrons. The van der Waals surface area contributed by atoms with Gasteiger partial charge in [-0.1, -0.05) is 13.8 Å². The van der Waals surface area contributed by atoms with E-state index in [0.29, 0.717) is 17.4 Å². The van der Waals surface area contributed by atoms with E-state index in [0.717, 1.165) is 31.8 Å². The van der Waals surface area contributed by atoms with E-state index in [1.807, 2.05) is 0 Å². The monoisotopic (exact) mass is 277 g/mol. The number of hydrogen-bond acceptors (Lipinski definition) is 4. The van der Waals surface area contributed by atoms with Gasteiger partial charge >= 0.3 is 5.97 Å². The van der Waals surface area contributed by atoms with E-state index in [-0.39, 0.29) is 5.69 Å². The molecule has 1 atom stereocenters. The van der Waals surface area contributed by atoms with Crippen LogP contribution in [0.4, 0.5) is 11.5 Å². The van der Waals surface area contributed by atoms with Crippen molar-refractivity contribution >= 4 is 17.5 Å². The van der Waals surface area contributed by atoms with Crippen molar-refractivity contribution < 1.29 is 9.90 Å². The van der Waals surface area contributed by atoms with Crippen LogP contribution in [0.3, 0.4) is 0 Å². The first-order valence-electron chi connectivity index (χ1n) is 7.23. The molecule has 0 radical (unpaired) electrons. The first-order chi connectivity index (χ1) is 9.49. The molecule has 1 fully saturated rings. The molecule has 0 spiro atoms. The Bertz CT molecular complexity index is 488. The summed E-state index contributed by atoms with van der Waals surface area (Å²) in [6, 6.07) is 3.09. The van der Waals surface area contributed by atoms with Crippen molar-refractivity contribution in [1.29, 1.82) is 0 Å². The van der Waals surface area contributed by atoms with E-state index >= 15 is 0 Å². The first kappa shape index (κ1) is 14.6. The number of anilines is 2. The van der Waals surface area contributed by atoms with Crippen LogP contribution in [0, 0.1) is 11.8 Å². The Morgan fingerprint density at radius 1 is 1.40 bits per heavy atom. The lowest BCUT2D eigenvalue weighted by molar-refractivity contribution is 0.0690. The van der Waals surface area contributed by atoms with Crippen molar-refractivity contribution in [2.45, 2.75) is 33.1 Å². The van der Waals surface area contributed by atoms with Gasteiger partial charge in [-0.25, -0.2) is 9.78 Å². The number of nitrogens with zero attached hydrogens (tertiary/aromatic N) is 2. The quantitative estimate of drug-likeness (QED) is 0.887. The molecule has 3 N–H and O–H groups in total. The highest BCUT2D eigenvalue weighted by molar-refractivity contribution is 5.87. The van der Waals surface area contributed by atoms with Gasteiger partial charge in [0.2, 0.25) is 0 Å². The Labute approximate surface area is 119 Å². The van der Waals surface area contributed by atoms with Crippen molar-refractivity contribution in [3.05, 3.63) is 17.8 Å². The molecule has 1 aromatic rings. The Hall–Kier alpha value is -1.78. The average Bonchev–Trinajstić information content (AvgIpc) is 2.64. The molecule has 0 saturated carbocycles. The third-order valence-corrected chi connectivity index (χ3v) is 4.14. The van der Waals surface area contributed by atoms with Gasteiger partial charge < -0.3 is 15.7 Å². The summed E-state index contributed by atoms with van der Waals surface area (Å²) in [5.41, 5.74) is 6.58. The van der Waals surface area contributed by atoms with Gasteiger partial charge in [0.15, 0.2) is 11.5 Å². The van der Waals surface area contributed by atoms with E-state index < -0.39 is 5.97 Å². The van der Waals surface area contributed by atoms with Gasteiger partial charge in [0.25, 0.3) is 0 Å². The van der Waals surface area contributed by atoms with Gasteiger partial charge in [-0.2, -0.15) is 0 Å². The Kier molecular flexibility index (Phi) is 4.47. The van der Waals surface area contributed by atoms with Crippen LogP contribution in [-0.4, -0.2) is 29.1 Å². The molecule has 2 rings (SSSR count). The number of pyridine rings is 1. The molecule has 5 heteroatoms. The minimum atomic E-state index is -1.01. The number of aromatic nitrogens is 1. The Balaban J connectivity index is 2.19. The van der Waals surface area contributed by atoms with Crippen molar-refractivity contribution in [2.75, 3.05) is 23.7 Å². The van der Waals surface area contributed by atoms with Crippen LogP contribution in [0.25, 0.3) is 0 Å². The fourth-order valence-corrected chi connectivity index (χ4v) is 2.83. The lowest BCUT2D eigenvalue weighted by Crippen LogP contribution is -2.27. The molecule has 0 bridgehead atoms. The summed E-state index contributed by atoms with van der Waals surface area (Å²) in [6.45, 7) is 6.31. The third-order valence-electron chi connectivity index (χ3n) is 4.14. The predicted octanol–water partition coefficient (Wildman–Crippen LogP) is 2.62. The van der Waals surface area contributed by atoms with Gasteiger partial charge in [0.05, 0.1) is 5.69 Å². The number of carboxylic acid groups (broad SMARTS) is 1. The standard InChI is InChI=1S/C15H23N3O2/c1-10(2)11-4-3-8-18(9-7-11)14-12(16)5-6-13(17-14)15(19)20/h5-6,10-11H,3-4,7-9,16H2,1-2H3,(H,19,20). The molecule has 20 heavy (non-hydrogen) atoms. The fraction of sp³-hybridized carbons (Fsp3) is 0.600. The molecule has 1 saturated heterocycles. The smallest absolute Gasteiger partial charge is 0.354 e. The van der Waals surface area contributed by atoms with Gasteiger partial charge in [-0.3, -0.25) is 0 Å². The molecular weight excluding hydrogens is 254 g/mol. The van der Waals surface area contributed by atoms with Gasteiger partial charge in [-0.05, 0) is 43.2 Å². The minimum Gasteiger partial charge on any atom is -0.477 e. The SMILES string of the molecule is CC(C)C1CCCN(c2nc(C(=O)O)ccc2N)CC1. The van der Waals surface area contributed by atoms with Crippen LogP contribution in [0.15, 0.2) is 12.1 Å². The van der Waals surface area contributed by atoms with E-state index in [1.54, 1.807) is 6.07 Å². The lowest BCUT2D eigenvalue weighted by Gasteiger charge is -2.24. The van der Waals surface area contributed by atoms with Gasteiger partial charge in [0.1, 0.15) is 0 Å². The van der Waals surface area contributed by atoms with Gasteiger partial charge in [0, 0.05) is 13.1 Å². The molecule has 5 nitrogen and oxygen atoms in total. The fourth-order valence-electron chi connectivity index (χ4n) is 2.83. The number of nitrogen functional groups attached to an aromatic ring is 1. The highest BCUT2D eigenvalue weighted by atomic mass is 16.4. The van der Waals surface area contributed by atoms with Crippen LogP contribution in [0.5, 0.6) is 0 Å². The maximum absolute atomic E-state index is 11.0. The van der Waals surface area contributed by atoms with Crippen LogP contribution < -0.4 is 10.6 Å². The first-order valence-corrected chi connectivity index (χ1v) is 7.23. The van der Waals surface area contributed by atoms with E-state index in [9.17, 15) is 4.79 Å². The highest BCUT2D eigenvalue weighted by Gasteiger charge is 2.22. The molecule has 1 aliphatic heterocycles. The zero-order valence-corrected chi connectivity index (χ0v) is 12.2. The van der Waals surface area contributed by atoms with E-state index in [1.165, 1.54) is 12.5 Å². The second-order valence-corrected chi connectivity index (χ2v) is 5.84. The van der Waals surface area contributed by atoms with Crippen LogP contribution in [0.2, 0.25) is 0 Å². The summed E-state index contributed by atoms with van der Waals surface area (Å²) in [5, 5.41) is 9.05. The normalized spacial score (nSPS) is 19.9. The number of nitrogens with two attached hydrogens (primary N) is 1. The molecule has 0 aliphatic carbocycles. The topological polar surface area (TPSA) is 79.5 Å². The Morgan fingerprint density at radius 2 is 2.15 bits per heavy atom. The van der Waals surface area contributed by atoms with E-state index in [2.05, 4.69) is 23.7 Å². The van der Waals surface area contributed by atoms with Crippen LogP contribution in [0.1, 0.15) is 43.6 Å². The zero-order chi connectivity index (χ0) is 14.7. The zero-order valence-electron chi connectivity index (χ0n) is 12.2. The third kappa shape index (κ3) is 3.21. The van der Waals surface area contributed by atoms with Gasteiger partial charge in [-0.15, -0.1) is 0 Å². The average molecular weight is 277 g/mol. The summed E-state index contributed by atoms with van der Waals surface area (Å²) in [6.07, 6.45) is 3.42. The van der Waals surface area contributed by atoms with Crippen molar-refractivity contribution in [3.63, 3.8) is 0 Å². The summed E-state index contributed by atoms with van der Waals surface area (Å²) in [7, 11) is 0. The largest absolute Gasteiger partial charge is 0.477 e. The van der Waals surface area contributed by atoms with Crippen LogP contribution >= 0.6 is 0 Å². The molecule has 2 heterocycles. The number of carbonyl (C=O) groups is 1.